The molecule has 1 N–H and O–H groups in total. The minimum atomic E-state index is -0.207. The number of carbonyl (C=O) groups excluding carboxylic acids is 1. The fraction of sp³-hybridized carbons (Fsp3) is 0.857. The molecule has 1 fully saturated rings. The van der Waals surface area contributed by atoms with Crippen LogP contribution in [0.4, 0.5) is 0 Å². The number of likely N-dealkylation sites (tertiary alicyclic amines) is 1. The van der Waals surface area contributed by atoms with E-state index in [4.69, 9.17) is 4.74 Å². The van der Waals surface area contributed by atoms with Gasteiger partial charge < -0.3 is 15.0 Å². The van der Waals surface area contributed by atoms with Crippen LogP contribution in [0.2, 0.25) is 0 Å². The van der Waals surface area contributed by atoms with E-state index in [0.29, 0.717) is 12.0 Å². The van der Waals surface area contributed by atoms with Gasteiger partial charge in [0.1, 0.15) is 0 Å². The highest BCUT2D eigenvalue weighted by molar-refractivity contribution is 5.81. The summed E-state index contributed by atoms with van der Waals surface area (Å²) in [5, 5.41) is 3.30. The fourth-order valence-electron chi connectivity index (χ4n) is 2.22. The van der Waals surface area contributed by atoms with Crippen molar-refractivity contribution in [3.63, 3.8) is 0 Å². The van der Waals surface area contributed by atoms with Crippen LogP contribution in [0, 0.1) is 11.3 Å². The number of ether oxygens (including phenoxy) is 1. The van der Waals surface area contributed by atoms with Gasteiger partial charge in [-0.1, -0.05) is 20.8 Å². The second-order valence-corrected chi connectivity index (χ2v) is 5.95. The van der Waals surface area contributed by atoms with Gasteiger partial charge in [0, 0.05) is 19.6 Å². The Kier molecular flexibility index (Phi) is 5.63. The van der Waals surface area contributed by atoms with Crippen LogP contribution in [-0.4, -0.2) is 50.1 Å². The number of hydrogen-bond donors (Lipinski definition) is 1. The Hall–Kier alpha value is -1.26. The van der Waals surface area contributed by atoms with Gasteiger partial charge in [0.15, 0.2) is 5.96 Å². The molecule has 0 aromatic carbocycles. The second kappa shape index (κ2) is 6.78. The average molecular weight is 269 g/mol. The Morgan fingerprint density at radius 1 is 1.53 bits per heavy atom. The third-order valence-corrected chi connectivity index (χ3v) is 3.43. The third kappa shape index (κ3) is 4.73. The molecule has 0 radical (unpaired) electrons. The van der Waals surface area contributed by atoms with Gasteiger partial charge in [-0.3, -0.25) is 9.79 Å². The van der Waals surface area contributed by atoms with E-state index in [1.807, 2.05) is 6.92 Å². The number of guanidine groups is 1. The van der Waals surface area contributed by atoms with Gasteiger partial charge in [0.25, 0.3) is 0 Å². The number of hydrogen-bond acceptors (Lipinski definition) is 3. The van der Waals surface area contributed by atoms with Gasteiger partial charge in [-0.2, -0.15) is 0 Å². The first-order valence-electron chi connectivity index (χ1n) is 7.00. The van der Waals surface area contributed by atoms with Crippen LogP contribution in [0.15, 0.2) is 4.99 Å². The van der Waals surface area contributed by atoms with Gasteiger partial charge in [-0.25, -0.2) is 0 Å². The summed E-state index contributed by atoms with van der Waals surface area (Å²) in [7, 11) is 1.41. The number of methoxy groups -OCH3 is 1. The van der Waals surface area contributed by atoms with E-state index >= 15 is 0 Å². The van der Waals surface area contributed by atoms with E-state index in [1.165, 1.54) is 13.5 Å². The minimum Gasteiger partial charge on any atom is -0.469 e. The molecule has 0 amide bonds. The molecule has 5 heteroatoms. The molecule has 5 nitrogen and oxygen atoms in total. The Labute approximate surface area is 116 Å². The van der Waals surface area contributed by atoms with Gasteiger partial charge in [0.05, 0.1) is 19.6 Å². The molecule has 1 heterocycles. The van der Waals surface area contributed by atoms with Gasteiger partial charge in [-0.15, -0.1) is 0 Å². The Bertz CT molecular complexity index is 340. The molecule has 1 atom stereocenters. The summed E-state index contributed by atoms with van der Waals surface area (Å²) in [5.74, 6) is 0.499. The molecular weight excluding hydrogens is 242 g/mol. The standard InChI is InChI=1S/C14H27N3O2/c1-6-15-13(16-9-11(2)12(18)19-5)17-8-7-14(3,4)10-17/h11H,6-10H2,1-5H3,(H,15,16). The van der Waals surface area contributed by atoms with Crippen LogP contribution < -0.4 is 5.32 Å². The van der Waals surface area contributed by atoms with Crippen molar-refractivity contribution in [3.8, 4) is 0 Å². The molecule has 1 aliphatic rings. The highest BCUT2D eigenvalue weighted by Gasteiger charge is 2.31. The number of aliphatic imine (C=N–C) groups is 1. The van der Waals surface area contributed by atoms with Crippen LogP contribution in [0.1, 0.15) is 34.1 Å². The average Bonchev–Trinajstić information content (AvgIpc) is 2.73. The van der Waals surface area contributed by atoms with Crippen molar-refractivity contribution in [2.45, 2.75) is 34.1 Å². The first-order valence-corrected chi connectivity index (χ1v) is 7.00. The molecule has 0 bridgehead atoms. The maximum absolute atomic E-state index is 11.4. The van der Waals surface area contributed by atoms with E-state index in [1.54, 1.807) is 0 Å². The topological polar surface area (TPSA) is 53.9 Å². The van der Waals surface area contributed by atoms with Crippen LogP contribution in [-0.2, 0) is 9.53 Å². The molecule has 0 saturated carbocycles. The molecule has 19 heavy (non-hydrogen) atoms. The Morgan fingerprint density at radius 2 is 2.21 bits per heavy atom. The monoisotopic (exact) mass is 269 g/mol. The molecular formula is C14H27N3O2. The zero-order valence-electron chi connectivity index (χ0n) is 12.8. The lowest BCUT2D eigenvalue weighted by molar-refractivity contribution is -0.144. The van der Waals surface area contributed by atoms with Gasteiger partial charge in [-0.05, 0) is 18.8 Å². The summed E-state index contributed by atoms with van der Waals surface area (Å²) in [4.78, 5) is 18.2. The fourth-order valence-corrected chi connectivity index (χ4v) is 2.22. The molecule has 0 aromatic rings. The Morgan fingerprint density at radius 3 is 2.68 bits per heavy atom. The maximum atomic E-state index is 11.4. The molecule has 1 aliphatic heterocycles. The summed E-state index contributed by atoms with van der Waals surface area (Å²) in [6.45, 7) is 11.8. The molecule has 1 unspecified atom stereocenters. The Balaban J connectivity index is 2.64. The summed E-state index contributed by atoms with van der Waals surface area (Å²) in [5.41, 5.74) is 0.337. The molecule has 0 aromatic heterocycles. The zero-order valence-corrected chi connectivity index (χ0v) is 12.8. The van der Waals surface area contributed by atoms with E-state index < -0.39 is 0 Å². The lowest BCUT2D eigenvalue weighted by Crippen LogP contribution is -2.41. The van der Waals surface area contributed by atoms with Crippen molar-refractivity contribution >= 4 is 11.9 Å². The summed E-state index contributed by atoms with van der Waals surface area (Å²) in [6.07, 6.45) is 1.17. The molecule has 0 spiro atoms. The molecule has 1 saturated heterocycles. The first kappa shape index (κ1) is 15.8. The van der Waals surface area contributed by atoms with Crippen molar-refractivity contribution in [2.75, 3.05) is 33.3 Å². The van der Waals surface area contributed by atoms with Crippen molar-refractivity contribution in [1.29, 1.82) is 0 Å². The maximum Gasteiger partial charge on any atom is 0.310 e. The SMILES string of the molecule is CCNC(=NCC(C)C(=O)OC)N1CCC(C)(C)C1. The van der Waals surface area contributed by atoms with E-state index in [-0.39, 0.29) is 11.9 Å². The van der Waals surface area contributed by atoms with Crippen LogP contribution in [0.5, 0.6) is 0 Å². The summed E-state index contributed by atoms with van der Waals surface area (Å²) in [6, 6.07) is 0. The summed E-state index contributed by atoms with van der Waals surface area (Å²) >= 11 is 0. The number of rotatable bonds is 4. The highest BCUT2D eigenvalue weighted by atomic mass is 16.5. The lowest BCUT2D eigenvalue weighted by Gasteiger charge is -2.24. The van der Waals surface area contributed by atoms with Gasteiger partial charge >= 0.3 is 5.97 Å². The zero-order chi connectivity index (χ0) is 14.5. The molecule has 110 valence electrons. The predicted octanol–water partition coefficient (Wildman–Crippen LogP) is 1.49. The van der Waals surface area contributed by atoms with Crippen LogP contribution in [0.3, 0.4) is 0 Å². The molecule has 0 aliphatic carbocycles. The molecule has 1 rings (SSSR count). The summed E-state index contributed by atoms with van der Waals surface area (Å²) < 4.78 is 4.72. The van der Waals surface area contributed by atoms with E-state index in [2.05, 4.69) is 36.0 Å². The number of esters is 1. The lowest BCUT2D eigenvalue weighted by atomic mass is 9.93. The van der Waals surface area contributed by atoms with Gasteiger partial charge in [0.2, 0.25) is 0 Å². The predicted molar refractivity (Wildman–Crippen MR) is 77.1 cm³/mol. The largest absolute Gasteiger partial charge is 0.469 e. The van der Waals surface area contributed by atoms with Crippen molar-refractivity contribution < 1.29 is 9.53 Å². The third-order valence-electron chi connectivity index (χ3n) is 3.43. The van der Waals surface area contributed by atoms with Crippen molar-refractivity contribution in [2.24, 2.45) is 16.3 Å². The van der Waals surface area contributed by atoms with E-state index in [0.717, 1.165) is 25.6 Å². The second-order valence-electron chi connectivity index (χ2n) is 5.95. The quantitative estimate of drug-likeness (QED) is 0.477. The number of nitrogens with zero attached hydrogens (tertiary/aromatic N) is 2. The smallest absolute Gasteiger partial charge is 0.310 e. The number of carbonyl (C=O) groups is 1. The van der Waals surface area contributed by atoms with E-state index in [9.17, 15) is 4.79 Å². The van der Waals surface area contributed by atoms with Crippen molar-refractivity contribution in [1.82, 2.24) is 10.2 Å². The number of nitrogens with one attached hydrogen (secondary N) is 1. The minimum absolute atomic E-state index is 0.200. The highest BCUT2D eigenvalue weighted by Crippen LogP contribution is 2.28. The first-order chi connectivity index (χ1) is 8.89. The normalized spacial score (nSPS) is 20.3. The van der Waals surface area contributed by atoms with Crippen LogP contribution >= 0.6 is 0 Å². The van der Waals surface area contributed by atoms with Crippen LogP contribution in [0.25, 0.3) is 0 Å². The van der Waals surface area contributed by atoms with Crippen molar-refractivity contribution in [3.05, 3.63) is 0 Å².